The van der Waals surface area contributed by atoms with E-state index >= 15 is 0 Å². The zero-order valence-corrected chi connectivity index (χ0v) is 15.3. The maximum atomic E-state index is 11.4. The summed E-state index contributed by atoms with van der Waals surface area (Å²) in [5, 5.41) is 20.8. The Morgan fingerprint density at radius 1 is 0.548 bits per heavy atom. The summed E-state index contributed by atoms with van der Waals surface area (Å²) in [5.74, 6) is 0. The van der Waals surface area contributed by atoms with Crippen molar-refractivity contribution in [2.45, 2.75) is 61.0 Å². The minimum atomic E-state index is -1.84. The summed E-state index contributed by atoms with van der Waals surface area (Å²) in [5.41, 5.74) is 0. The van der Waals surface area contributed by atoms with E-state index in [0.717, 1.165) is 0 Å². The summed E-state index contributed by atoms with van der Waals surface area (Å²) < 4.78 is 15.9. The molecule has 0 spiro atoms. The summed E-state index contributed by atoms with van der Waals surface area (Å²) >= 11 is 0. The average molecular weight is 446 g/mol. The Labute approximate surface area is 170 Å². The van der Waals surface area contributed by atoms with Crippen LogP contribution in [-0.2, 0) is 14.2 Å². The molecule has 0 amide bonds. The van der Waals surface area contributed by atoms with Gasteiger partial charge < -0.3 is 14.2 Å². The van der Waals surface area contributed by atoms with Crippen molar-refractivity contribution >= 4 is 0 Å². The summed E-state index contributed by atoms with van der Waals surface area (Å²) in [7, 11) is 0. The Balaban J connectivity index is 2.41. The van der Waals surface area contributed by atoms with Crippen LogP contribution in [0.2, 0.25) is 0 Å². The molecular weight excluding hydrogens is 432 g/mol. The van der Waals surface area contributed by atoms with Crippen LogP contribution < -0.4 is 0 Å². The Hall–Kier alpha value is -3.32. The van der Waals surface area contributed by atoms with Crippen LogP contribution in [0.5, 0.6) is 0 Å². The van der Waals surface area contributed by atoms with Gasteiger partial charge >= 0.3 is 0 Å². The molecule has 2 aliphatic rings. The average Bonchev–Trinajstić information content (AvgIpc) is 2.79. The lowest BCUT2D eigenvalue weighted by Gasteiger charge is -2.43. The molecule has 0 aromatic heterocycles. The molecule has 19 heteroatoms. The number of hydrogen-bond donors (Lipinski definition) is 0. The molecule has 168 valence electrons. The summed E-state index contributed by atoms with van der Waals surface area (Å²) in [6.07, 6.45) is -8.24. The minimum absolute atomic E-state index is 0.695. The van der Waals surface area contributed by atoms with Crippen molar-refractivity contribution in [2.75, 3.05) is 13.1 Å². The molecule has 2 rings (SSSR count). The third-order valence-electron chi connectivity index (χ3n) is 4.84. The van der Waals surface area contributed by atoms with Crippen molar-refractivity contribution in [2.24, 2.45) is 41.4 Å². The van der Waals surface area contributed by atoms with E-state index in [9.17, 15) is 39.3 Å². The second kappa shape index (κ2) is 11.2. The Kier molecular flexibility index (Phi) is 8.63. The third-order valence-corrected chi connectivity index (χ3v) is 4.84. The van der Waals surface area contributed by atoms with Gasteiger partial charge in [0.2, 0.25) is 6.23 Å². The molecule has 2 saturated heterocycles. The van der Waals surface area contributed by atoms with Crippen LogP contribution in [-0.4, -0.2) is 74.1 Å². The Morgan fingerprint density at radius 2 is 1.10 bits per heavy atom. The van der Waals surface area contributed by atoms with Gasteiger partial charge in [-0.3, -0.25) is 0 Å². The van der Waals surface area contributed by atoms with E-state index in [2.05, 4.69) is 41.4 Å². The van der Waals surface area contributed by atoms with E-state index in [0.29, 0.717) is 0 Å². The van der Waals surface area contributed by atoms with Gasteiger partial charge in [-0.25, -0.2) is 0 Å². The molecule has 0 radical (unpaired) electrons. The molecule has 0 aliphatic carbocycles. The van der Waals surface area contributed by atoms with Gasteiger partial charge in [0.25, 0.3) is 0 Å². The Bertz CT molecular complexity index is 727. The van der Waals surface area contributed by atoms with Crippen molar-refractivity contribution in [1.82, 2.24) is 0 Å². The van der Waals surface area contributed by atoms with Crippen LogP contribution >= 0.6 is 0 Å². The standard InChI is InChI=1S/C12H14N8O11/c21-13-1-3-5(15-23)6(16-24)9(19-27)12(30-3)31-10-4(2-14-22)29-11(20-28)8(18-26)7(10)17-25/h3-12H,1-2H2/t3?,4?,5-,6?,7?,8?,9?,10-,11+,12+/m1/s1. The molecule has 0 aromatic carbocycles. The second-order valence-corrected chi connectivity index (χ2v) is 6.42. The van der Waals surface area contributed by atoms with Gasteiger partial charge in [-0.05, 0) is 5.18 Å². The molecule has 2 fully saturated rings. The summed E-state index contributed by atoms with van der Waals surface area (Å²) in [6.45, 7) is -1.41. The van der Waals surface area contributed by atoms with Crippen molar-refractivity contribution < 1.29 is 14.2 Å². The van der Waals surface area contributed by atoms with Crippen LogP contribution in [0.3, 0.4) is 0 Å². The lowest BCUT2D eigenvalue weighted by molar-refractivity contribution is -0.262. The van der Waals surface area contributed by atoms with Gasteiger partial charge in [0, 0.05) is 0 Å². The highest BCUT2D eigenvalue weighted by Crippen LogP contribution is 2.34. The number of nitrogens with zero attached hydrogens (tertiary/aromatic N) is 8. The van der Waals surface area contributed by atoms with Crippen LogP contribution in [0.4, 0.5) is 0 Å². The SMILES string of the molecule is O=NCC1O[C@@H](O[C@@H]2C(CN=O)O[C@H](N=O)C(N=O)C2N=O)C(N=O)C(N=O)[C@@H]1N=O. The zero-order valence-electron chi connectivity index (χ0n) is 15.3. The predicted molar refractivity (Wildman–Crippen MR) is 97.2 cm³/mol. The van der Waals surface area contributed by atoms with E-state index in [1.165, 1.54) is 0 Å². The van der Waals surface area contributed by atoms with Crippen molar-refractivity contribution in [3.63, 3.8) is 0 Å². The van der Waals surface area contributed by atoms with E-state index in [4.69, 9.17) is 14.2 Å². The largest absolute Gasteiger partial charge is 0.343 e. The second-order valence-electron chi connectivity index (χ2n) is 6.42. The third kappa shape index (κ3) is 4.72. The first-order valence-electron chi connectivity index (χ1n) is 8.54. The molecule has 10 atom stereocenters. The van der Waals surface area contributed by atoms with E-state index < -0.39 is 74.1 Å². The van der Waals surface area contributed by atoms with E-state index in [1.807, 2.05) is 0 Å². The van der Waals surface area contributed by atoms with Crippen molar-refractivity contribution in [3.05, 3.63) is 39.3 Å². The van der Waals surface area contributed by atoms with Crippen LogP contribution in [0, 0.1) is 39.3 Å². The van der Waals surface area contributed by atoms with Gasteiger partial charge in [0.15, 0.2) is 30.5 Å². The number of rotatable bonds is 12. The molecule has 0 N–H and O–H groups in total. The molecular formula is C12H14N8O11. The Morgan fingerprint density at radius 3 is 1.58 bits per heavy atom. The molecule has 6 unspecified atom stereocenters. The highest BCUT2D eigenvalue weighted by atomic mass is 16.7. The molecule has 0 saturated carbocycles. The highest BCUT2D eigenvalue weighted by Gasteiger charge is 2.55. The molecule has 19 nitrogen and oxygen atoms in total. The number of nitroso groups, excluding NO2 is 8. The molecule has 0 bridgehead atoms. The first-order chi connectivity index (χ1) is 15.0. The molecule has 2 aliphatic heterocycles. The predicted octanol–water partition coefficient (Wildman–Crippen LogP) is 0.796. The lowest BCUT2D eigenvalue weighted by atomic mass is 9.92. The minimum Gasteiger partial charge on any atom is -0.343 e. The van der Waals surface area contributed by atoms with Crippen LogP contribution in [0.15, 0.2) is 41.4 Å². The fourth-order valence-corrected chi connectivity index (χ4v) is 3.41. The maximum Gasteiger partial charge on any atom is 0.218 e. The number of ether oxygens (including phenoxy) is 3. The van der Waals surface area contributed by atoms with Gasteiger partial charge in [-0.2, -0.15) is 34.3 Å². The topological polar surface area (TPSA) is 263 Å². The molecule has 2 heterocycles. The van der Waals surface area contributed by atoms with Crippen LogP contribution in [0.1, 0.15) is 0 Å². The van der Waals surface area contributed by atoms with E-state index in [-0.39, 0.29) is 0 Å². The molecule has 31 heavy (non-hydrogen) atoms. The summed E-state index contributed by atoms with van der Waals surface area (Å²) in [6, 6.07) is -8.68. The fourth-order valence-electron chi connectivity index (χ4n) is 3.41. The normalized spacial score (nSPS) is 40.1. The van der Waals surface area contributed by atoms with Gasteiger partial charge in [-0.1, -0.05) is 36.2 Å². The highest BCUT2D eigenvalue weighted by molar-refractivity contribution is 5.05. The zero-order chi connectivity index (χ0) is 23.0. The van der Waals surface area contributed by atoms with Crippen molar-refractivity contribution in [1.29, 1.82) is 0 Å². The fraction of sp³-hybridized carbons (Fsp3) is 1.00. The van der Waals surface area contributed by atoms with E-state index in [1.54, 1.807) is 0 Å². The quantitative estimate of drug-likeness (QED) is 0.378. The molecule has 0 aromatic rings. The number of hydrogen-bond acceptors (Lipinski definition) is 19. The lowest BCUT2D eigenvalue weighted by Crippen LogP contribution is -2.62. The van der Waals surface area contributed by atoms with Crippen LogP contribution in [0.25, 0.3) is 0 Å². The monoisotopic (exact) mass is 446 g/mol. The smallest absolute Gasteiger partial charge is 0.218 e. The first kappa shape index (κ1) is 24.0. The van der Waals surface area contributed by atoms with Gasteiger partial charge in [0.05, 0.1) is 0 Å². The van der Waals surface area contributed by atoms with Gasteiger partial charge in [-0.15, -0.1) is 4.91 Å². The first-order valence-corrected chi connectivity index (χ1v) is 8.54. The maximum absolute atomic E-state index is 11.4. The van der Waals surface area contributed by atoms with Crippen molar-refractivity contribution in [3.8, 4) is 0 Å². The van der Waals surface area contributed by atoms with Gasteiger partial charge in [0.1, 0.15) is 37.4 Å². The summed E-state index contributed by atoms with van der Waals surface area (Å²) in [4.78, 5) is 88.5.